The van der Waals surface area contributed by atoms with Gasteiger partial charge >= 0.3 is 12.0 Å². The second kappa shape index (κ2) is 5.43. The number of carboxylic acids is 1. The number of carboxylic acid groups (broad SMARTS) is 1. The Hall–Kier alpha value is -1.30. The van der Waals surface area contributed by atoms with E-state index in [4.69, 9.17) is 5.11 Å². The smallest absolute Gasteiger partial charge is 0.341 e. The molecule has 1 fully saturated rings. The zero-order chi connectivity index (χ0) is 10.4. The summed E-state index contributed by atoms with van der Waals surface area (Å²) in [5.74, 6) is -1.11. The van der Waals surface area contributed by atoms with Gasteiger partial charge in [-0.05, 0) is 19.3 Å². The topological polar surface area (TPSA) is 78.9 Å². The summed E-state index contributed by atoms with van der Waals surface area (Å²) >= 11 is 0. The number of urea groups is 1. The summed E-state index contributed by atoms with van der Waals surface area (Å²) in [6, 6.07) is -0.356. The molecule has 1 rings (SSSR count). The van der Waals surface area contributed by atoms with E-state index in [9.17, 15) is 9.59 Å². The van der Waals surface area contributed by atoms with Gasteiger partial charge in [0.25, 0.3) is 0 Å². The SMILES string of the molecule is O=C(O)CONC(=O)N1CCCCC1. The molecular weight excluding hydrogens is 188 g/mol. The van der Waals surface area contributed by atoms with Crippen LogP contribution in [0.4, 0.5) is 4.79 Å². The minimum atomic E-state index is -1.11. The fraction of sp³-hybridized carbons (Fsp3) is 0.750. The van der Waals surface area contributed by atoms with E-state index in [0.29, 0.717) is 13.1 Å². The summed E-state index contributed by atoms with van der Waals surface area (Å²) in [4.78, 5) is 27.4. The number of hydrogen-bond donors (Lipinski definition) is 2. The number of carbonyl (C=O) groups is 2. The lowest BCUT2D eigenvalue weighted by Gasteiger charge is -2.26. The normalized spacial score (nSPS) is 16.4. The van der Waals surface area contributed by atoms with Gasteiger partial charge in [0.15, 0.2) is 6.61 Å². The lowest BCUT2D eigenvalue weighted by molar-refractivity contribution is -0.144. The number of aliphatic carboxylic acids is 1. The number of hydroxylamine groups is 1. The Labute approximate surface area is 81.8 Å². The van der Waals surface area contributed by atoms with Crippen LogP contribution in [0.25, 0.3) is 0 Å². The molecule has 2 N–H and O–H groups in total. The number of rotatable bonds is 3. The average molecular weight is 202 g/mol. The standard InChI is InChI=1S/C8H14N2O4/c11-7(12)6-14-9-8(13)10-4-2-1-3-5-10/h1-6H2,(H,9,13)(H,11,12). The van der Waals surface area contributed by atoms with Crippen molar-refractivity contribution < 1.29 is 19.5 Å². The molecule has 0 radical (unpaired) electrons. The number of piperidine rings is 1. The summed E-state index contributed by atoms with van der Waals surface area (Å²) in [5, 5.41) is 8.25. The van der Waals surface area contributed by atoms with Gasteiger partial charge in [0.2, 0.25) is 0 Å². The van der Waals surface area contributed by atoms with Crippen molar-refractivity contribution in [1.29, 1.82) is 0 Å². The maximum atomic E-state index is 11.3. The zero-order valence-electron chi connectivity index (χ0n) is 7.86. The van der Waals surface area contributed by atoms with E-state index in [1.54, 1.807) is 4.90 Å². The predicted octanol–water partition coefficient (Wildman–Crippen LogP) is 0.198. The lowest BCUT2D eigenvalue weighted by Crippen LogP contribution is -2.43. The monoisotopic (exact) mass is 202 g/mol. The third-order valence-corrected chi connectivity index (χ3v) is 2.00. The van der Waals surface area contributed by atoms with Gasteiger partial charge in [-0.2, -0.15) is 0 Å². The molecule has 1 heterocycles. The highest BCUT2D eigenvalue weighted by Crippen LogP contribution is 2.07. The van der Waals surface area contributed by atoms with Crippen molar-refractivity contribution in [3.63, 3.8) is 0 Å². The summed E-state index contributed by atoms with van der Waals surface area (Å²) in [5.41, 5.74) is 2.09. The summed E-state index contributed by atoms with van der Waals surface area (Å²) in [7, 11) is 0. The summed E-state index contributed by atoms with van der Waals surface area (Å²) in [6.07, 6.45) is 3.12. The fourth-order valence-corrected chi connectivity index (χ4v) is 1.32. The molecule has 0 bridgehead atoms. The number of likely N-dealkylation sites (tertiary alicyclic amines) is 1. The molecule has 0 saturated carbocycles. The lowest BCUT2D eigenvalue weighted by atomic mass is 10.1. The molecule has 1 saturated heterocycles. The van der Waals surface area contributed by atoms with Gasteiger partial charge in [0, 0.05) is 13.1 Å². The minimum Gasteiger partial charge on any atom is -0.479 e. The fourth-order valence-electron chi connectivity index (χ4n) is 1.32. The van der Waals surface area contributed by atoms with Crippen molar-refractivity contribution in [3.05, 3.63) is 0 Å². The van der Waals surface area contributed by atoms with Crippen molar-refractivity contribution in [2.75, 3.05) is 19.7 Å². The number of hydrogen-bond acceptors (Lipinski definition) is 3. The Morgan fingerprint density at radius 3 is 2.50 bits per heavy atom. The van der Waals surface area contributed by atoms with Crippen LogP contribution in [0.1, 0.15) is 19.3 Å². The number of carbonyl (C=O) groups excluding carboxylic acids is 1. The van der Waals surface area contributed by atoms with Gasteiger partial charge in [-0.25, -0.2) is 15.1 Å². The minimum absolute atomic E-state index is 0.356. The van der Waals surface area contributed by atoms with Gasteiger partial charge < -0.3 is 10.0 Å². The maximum Gasteiger partial charge on any atom is 0.341 e. The Morgan fingerprint density at radius 2 is 1.93 bits per heavy atom. The molecule has 80 valence electrons. The van der Waals surface area contributed by atoms with Crippen LogP contribution >= 0.6 is 0 Å². The van der Waals surface area contributed by atoms with Gasteiger partial charge in [0.05, 0.1) is 0 Å². The third kappa shape index (κ3) is 3.61. The van der Waals surface area contributed by atoms with E-state index in [0.717, 1.165) is 19.3 Å². The molecule has 6 nitrogen and oxygen atoms in total. The highest BCUT2D eigenvalue weighted by Gasteiger charge is 2.16. The molecule has 0 aliphatic carbocycles. The predicted molar refractivity (Wildman–Crippen MR) is 47.5 cm³/mol. The molecule has 14 heavy (non-hydrogen) atoms. The molecule has 0 atom stereocenters. The van der Waals surface area contributed by atoms with Crippen LogP contribution in [-0.4, -0.2) is 41.7 Å². The van der Waals surface area contributed by atoms with Crippen LogP contribution in [0.3, 0.4) is 0 Å². The third-order valence-electron chi connectivity index (χ3n) is 2.00. The van der Waals surface area contributed by atoms with Crippen LogP contribution in [-0.2, 0) is 9.63 Å². The second-order valence-corrected chi connectivity index (χ2v) is 3.14. The Bertz CT molecular complexity index is 213. The van der Waals surface area contributed by atoms with Crippen LogP contribution in [0.5, 0.6) is 0 Å². The van der Waals surface area contributed by atoms with Crippen molar-refractivity contribution in [2.45, 2.75) is 19.3 Å². The summed E-state index contributed by atoms with van der Waals surface area (Å²) in [6.45, 7) is 0.907. The molecule has 2 amide bonds. The molecule has 0 aromatic heterocycles. The highest BCUT2D eigenvalue weighted by atomic mass is 16.7. The van der Waals surface area contributed by atoms with Crippen molar-refractivity contribution in [3.8, 4) is 0 Å². The van der Waals surface area contributed by atoms with Crippen molar-refractivity contribution in [2.24, 2.45) is 0 Å². The quantitative estimate of drug-likeness (QED) is 0.641. The molecule has 1 aliphatic rings. The van der Waals surface area contributed by atoms with Crippen LogP contribution < -0.4 is 5.48 Å². The molecule has 0 aromatic carbocycles. The number of amides is 2. The van der Waals surface area contributed by atoms with E-state index in [2.05, 4.69) is 10.3 Å². The Kier molecular flexibility index (Phi) is 4.18. The number of nitrogens with one attached hydrogen (secondary N) is 1. The first-order chi connectivity index (χ1) is 6.70. The molecular formula is C8H14N2O4. The van der Waals surface area contributed by atoms with E-state index in [1.807, 2.05) is 0 Å². The molecule has 6 heteroatoms. The van der Waals surface area contributed by atoms with Gasteiger partial charge in [-0.1, -0.05) is 0 Å². The van der Waals surface area contributed by atoms with E-state index in [-0.39, 0.29) is 6.03 Å². The second-order valence-electron chi connectivity index (χ2n) is 3.14. The zero-order valence-corrected chi connectivity index (χ0v) is 7.86. The number of nitrogens with zero attached hydrogens (tertiary/aromatic N) is 1. The van der Waals surface area contributed by atoms with Crippen LogP contribution in [0, 0.1) is 0 Å². The Balaban J connectivity index is 2.16. The first-order valence-corrected chi connectivity index (χ1v) is 4.58. The van der Waals surface area contributed by atoms with Gasteiger partial charge in [-0.15, -0.1) is 0 Å². The molecule has 0 spiro atoms. The largest absolute Gasteiger partial charge is 0.479 e. The molecule has 0 aromatic rings. The van der Waals surface area contributed by atoms with E-state index < -0.39 is 12.6 Å². The Morgan fingerprint density at radius 1 is 1.29 bits per heavy atom. The van der Waals surface area contributed by atoms with Crippen molar-refractivity contribution in [1.82, 2.24) is 10.4 Å². The van der Waals surface area contributed by atoms with Gasteiger partial charge in [0.1, 0.15) is 0 Å². The van der Waals surface area contributed by atoms with E-state index in [1.165, 1.54) is 0 Å². The molecule has 1 aliphatic heterocycles. The summed E-state index contributed by atoms with van der Waals surface area (Å²) < 4.78 is 0. The highest BCUT2D eigenvalue weighted by molar-refractivity contribution is 5.73. The first kappa shape index (κ1) is 10.8. The molecule has 0 unspecified atom stereocenters. The maximum absolute atomic E-state index is 11.3. The van der Waals surface area contributed by atoms with E-state index >= 15 is 0 Å². The van der Waals surface area contributed by atoms with Crippen LogP contribution in [0.15, 0.2) is 0 Å². The van der Waals surface area contributed by atoms with Crippen LogP contribution in [0.2, 0.25) is 0 Å². The van der Waals surface area contributed by atoms with Gasteiger partial charge in [-0.3, -0.25) is 4.84 Å². The van der Waals surface area contributed by atoms with Crippen molar-refractivity contribution >= 4 is 12.0 Å². The average Bonchev–Trinajstić information content (AvgIpc) is 2.18. The first-order valence-electron chi connectivity index (χ1n) is 4.58.